The molecule has 0 saturated heterocycles. The molecule has 7 heteroatoms. The normalized spacial score (nSPS) is 19.5. The number of rotatable bonds is 4. The van der Waals surface area contributed by atoms with Crippen LogP contribution in [0.4, 0.5) is 13.2 Å². The predicted molar refractivity (Wildman–Crippen MR) is 39.4 cm³/mol. The summed E-state index contributed by atoms with van der Waals surface area (Å²) in [7, 11) is -4.31. The molecule has 3 nitrogen and oxygen atoms in total. The van der Waals surface area contributed by atoms with Crippen LogP contribution in [-0.2, 0) is 9.09 Å². The van der Waals surface area contributed by atoms with E-state index in [4.69, 9.17) is 0 Å². The predicted octanol–water partition coefficient (Wildman–Crippen LogP) is 1.92. The van der Waals surface area contributed by atoms with Crippen LogP contribution in [0.3, 0.4) is 0 Å². The van der Waals surface area contributed by atoms with E-state index in [-0.39, 0.29) is 0 Å². The van der Waals surface area contributed by atoms with Crippen LogP contribution in [0.25, 0.3) is 0 Å². The maximum absolute atomic E-state index is 12.0. The Balaban J connectivity index is 4.39. The van der Waals surface area contributed by atoms with Crippen LogP contribution in [-0.4, -0.2) is 18.4 Å². The fourth-order valence-corrected chi connectivity index (χ4v) is 1.44. The lowest BCUT2D eigenvalue weighted by molar-refractivity contribution is -0.238. The summed E-state index contributed by atoms with van der Waals surface area (Å²) in [5.74, 6) is 0. The Bertz CT molecular complexity index is 204. The van der Waals surface area contributed by atoms with Gasteiger partial charge in [0.25, 0.3) is 0 Å². The Kier molecular flexibility index (Phi) is 4.42. The maximum Gasteiger partial charge on any atom is 0.415 e. The van der Waals surface area contributed by atoms with E-state index in [0.717, 1.165) is 0 Å². The molecular formula is C6H11F3O3P-. The SMILES string of the molecule is CCC(OP(=O)([O-])CC)C(F)(F)F. The summed E-state index contributed by atoms with van der Waals surface area (Å²) in [5, 5.41) is 0. The van der Waals surface area contributed by atoms with Gasteiger partial charge in [-0.2, -0.15) is 13.2 Å². The third-order valence-corrected chi connectivity index (χ3v) is 2.76. The van der Waals surface area contributed by atoms with Crippen molar-refractivity contribution in [2.75, 3.05) is 6.16 Å². The molecule has 0 aromatic rings. The second-order valence-corrected chi connectivity index (χ2v) is 4.54. The summed E-state index contributed by atoms with van der Waals surface area (Å²) in [6, 6.07) is 0. The average Bonchev–Trinajstić information content (AvgIpc) is 1.98. The molecular weight excluding hydrogens is 208 g/mol. The molecule has 0 fully saturated rings. The first-order valence-corrected chi connectivity index (χ1v) is 5.51. The number of hydrogen-bond donors (Lipinski definition) is 0. The third-order valence-electron chi connectivity index (χ3n) is 1.41. The zero-order valence-electron chi connectivity index (χ0n) is 7.30. The Labute approximate surface area is 74.4 Å². The molecule has 0 radical (unpaired) electrons. The minimum atomic E-state index is -4.62. The summed E-state index contributed by atoms with van der Waals surface area (Å²) in [5.41, 5.74) is 0. The molecule has 0 aliphatic carbocycles. The summed E-state index contributed by atoms with van der Waals surface area (Å²) in [4.78, 5) is 10.7. The highest BCUT2D eigenvalue weighted by Gasteiger charge is 2.40. The Morgan fingerprint density at radius 3 is 2.15 bits per heavy atom. The van der Waals surface area contributed by atoms with Crippen molar-refractivity contribution in [1.29, 1.82) is 0 Å². The highest BCUT2D eigenvalue weighted by Crippen LogP contribution is 2.42. The fourth-order valence-electron chi connectivity index (χ4n) is 0.634. The van der Waals surface area contributed by atoms with Crippen molar-refractivity contribution in [3.8, 4) is 0 Å². The van der Waals surface area contributed by atoms with Crippen molar-refractivity contribution in [3.63, 3.8) is 0 Å². The molecule has 0 aliphatic heterocycles. The minimum absolute atomic E-state index is 0.407. The van der Waals surface area contributed by atoms with Gasteiger partial charge in [0.1, 0.15) is 7.60 Å². The van der Waals surface area contributed by atoms with Crippen LogP contribution in [0.5, 0.6) is 0 Å². The molecule has 2 unspecified atom stereocenters. The molecule has 13 heavy (non-hydrogen) atoms. The first-order valence-electron chi connectivity index (χ1n) is 3.78. The first kappa shape index (κ1) is 12.9. The summed E-state index contributed by atoms with van der Waals surface area (Å²) in [6.07, 6.45) is -7.67. The van der Waals surface area contributed by atoms with Gasteiger partial charge >= 0.3 is 6.18 Å². The molecule has 0 spiro atoms. The lowest BCUT2D eigenvalue weighted by Gasteiger charge is -2.28. The molecule has 2 atom stereocenters. The van der Waals surface area contributed by atoms with E-state index in [0.29, 0.717) is 0 Å². The number of alkyl halides is 3. The first-order chi connectivity index (χ1) is 5.73. The van der Waals surface area contributed by atoms with Gasteiger partial charge in [-0.3, -0.25) is 0 Å². The fraction of sp³-hybridized carbons (Fsp3) is 1.00. The van der Waals surface area contributed by atoms with Gasteiger partial charge in [-0.15, -0.1) is 0 Å². The molecule has 0 N–H and O–H groups in total. The van der Waals surface area contributed by atoms with Crippen LogP contribution in [0, 0.1) is 0 Å². The molecule has 0 aliphatic rings. The Morgan fingerprint density at radius 2 is 1.92 bits per heavy atom. The van der Waals surface area contributed by atoms with Gasteiger partial charge in [0.2, 0.25) is 0 Å². The zero-order chi connectivity index (χ0) is 10.7. The second kappa shape index (κ2) is 4.44. The van der Waals surface area contributed by atoms with E-state index < -0.39 is 32.5 Å². The van der Waals surface area contributed by atoms with Crippen LogP contribution in [0.1, 0.15) is 20.3 Å². The summed E-state index contributed by atoms with van der Waals surface area (Å²) < 4.78 is 50.7. The van der Waals surface area contributed by atoms with Gasteiger partial charge in [-0.25, -0.2) is 0 Å². The smallest absolute Gasteiger partial charge is 0.415 e. The van der Waals surface area contributed by atoms with Crippen molar-refractivity contribution in [2.24, 2.45) is 0 Å². The monoisotopic (exact) mass is 219 g/mol. The van der Waals surface area contributed by atoms with Crippen LogP contribution < -0.4 is 4.89 Å². The molecule has 0 rings (SSSR count). The highest BCUT2D eigenvalue weighted by atomic mass is 31.2. The highest BCUT2D eigenvalue weighted by molar-refractivity contribution is 7.51. The van der Waals surface area contributed by atoms with E-state index in [2.05, 4.69) is 4.52 Å². The van der Waals surface area contributed by atoms with Crippen LogP contribution in [0.2, 0.25) is 0 Å². The Hall–Kier alpha value is -0.0600. The van der Waals surface area contributed by atoms with Crippen molar-refractivity contribution in [3.05, 3.63) is 0 Å². The van der Waals surface area contributed by atoms with Crippen LogP contribution >= 0.6 is 7.60 Å². The third kappa shape index (κ3) is 4.64. The standard InChI is InChI=1S/C6H12F3O3P/c1-3-5(6(7,8)9)12-13(10,11)4-2/h5H,3-4H2,1-2H3,(H,10,11)/p-1. The molecule has 0 bridgehead atoms. The molecule has 0 saturated carbocycles. The van der Waals surface area contributed by atoms with Crippen molar-refractivity contribution in [1.82, 2.24) is 0 Å². The van der Waals surface area contributed by atoms with Gasteiger partial charge < -0.3 is 14.0 Å². The zero-order valence-corrected chi connectivity index (χ0v) is 8.19. The quantitative estimate of drug-likeness (QED) is 0.678. The van der Waals surface area contributed by atoms with E-state index >= 15 is 0 Å². The topological polar surface area (TPSA) is 49.4 Å². The molecule has 0 aromatic heterocycles. The molecule has 0 aromatic carbocycles. The number of hydrogen-bond acceptors (Lipinski definition) is 3. The largest absolute Gasteiger partial charge is 0.778 e. The van der Waals surface area contributed by atoms with Gasteiger partial charge in [-0.05, 0) is 6.42 Å². The van der Waals surface area contributed by atoms with Gasteiger partial charge in [0, 0.05) is 6.16 Å². The maximum atomic E-state index is 12.0. The van der Waals surface area contributed by atoms with Gasteiger partial charge in [0.15, 0.2) is 6.10 Å². The summed E-state index contributed by atoms with van der Waals surface area (Å²) in [6.45, 7) is 2.45. The Morgan fingerprint density at radius 1 is 1.46 bits per heavy atom. The lowest BCUT2D eigenvalue weighted by atomic mass is 10.3. The van der Waals surface area contributed by atoms with Crippen LogP contribution in [0.15, 0.2) is 0 Å². The van der Waals surface area contributed by atoms with E-state index in [1.165, 1.54) is 13.8 Å². The lowest BCUT2D eigenvalue weighted by Crippen LogP contribution is -2.31. The minimum Gasteiger partial charge on any atom is -0.778 e. The summed E-state index contributed by atoms with van der Waals surface area (Å²) >= 11 is 0. The molecule has 80 valence electrons. The number of halogens is 3. The second-order valence-electron chi connectivity index (χ2n) is 2.47. The van der Waals surface area contributed by atoms with E-state index in [1.54, 1.807) is 0 Å². The van der Waals surface area contributed by atoms with Gasteiger partial charge in [-0.1, -0.05) is 13.8 Å². The van der Waals surface area contributed by atoms with Gasteiger partial charge in [0.05, 0.1) is 0 Å². The van der Waals surface area contributed by atoms with E-state index in [1.807, 2.05) is 0 Å². The average molecular weight is 219 g/mol. The van der Waals surface area contributed by atoms with Crippen molar-refractivity contribution < 1.29 is 27.2 Å². The van der Waals surface area contributed by atoms with Crippen molar-refractivity contribution >= 4 is 7.60 Å². The van der Waals surface area contributed by atoms with Crippen molar-refractivity contribution in [2.45, 2.75) is 32.5 Å². The molecule has 0 heterocycles. The van der Waals surface area contributed by atoms with E-state index in [9.17, 15) is 22.6 Å². The molecule has 0 amide bonds.